The van der Waals surface area contributed by atoms with E-state index in [2.05, 4.69) is 4.98 Å². The molecule has 0 unspecified atom stereocenters. The molecule has 0 spiro atoms. The molecule has 2 aromatic heterocycles. The third-order valence-electron chi connectivity index (χ3n) is 3.47. The minimum atomic E-state index is -5.95. The van der Waals surface area contributed by atoms with Crippen LogP contribution >= 0.6 is 11.3 Å². The lowest BCUT2D eigenvalue weighted by molar-refractivity contribution is -0.375. The Labute approximate surface area is 139 Å². The van der Waals surface area contributed by atoms with Crippen LogP contribution in [0.15, 0.2) is 36.7 Å². The van der Waals surface area contributed by atoms with Gasteiger partial charge in [0.25, 0.3) is 5.60 Å². The van der Waals surface area contributed by atoms with Crippen LogP contribution in [0.3, 0.4) is 0 Å². The predicted molar refractivity (Wildman–Crippen MR) is 74.5 cm³/mol. The number of rotatable bonds is 2. The fraction of sp³-hybridized carbons (Fsp3) is 0.214. The Hall–Kier alpha value is -2.14. The molecule has 3 rings (SSSR count). The molecule has 1 N–H and O–H groups in total. The highest BCUT2D eigenvalue weighted by atomic mass is 32.1. The van der Waals surface area contributed by atoms with Gasteiger partial charge in [-0.1, -0.05) is 11.3 Å². The average Bonchev–Trinajstić information content (AvgIpc) is 3.03. The summed E-state index contributed by atoms with van der Waals surface area (Å²) in [5.41, 5.74) is -4.32. The van der Waals surface area contributed by atoms with E-state index in [1.807, 2.05) is 0 Å². The van der Waals surface area contributed by atoms with Crippen LogP contribution in [0.2, 0.25) is 0 Å². The van der Waals surface area contributed by atoms with E-state index in [4.69, 9.17) is 0 Å². The molecule has 0 aliphatic carbocycles. The average molecular weight is 384 g/mol. The maximum atomic E-state index is 12.9. The number of nitrogens with zero attached hydrogens (tertiary/aromatic N) is 2. The molecule has 3 nitrogen and oxygen atoms in total. The van der Waals surface area contributed by atoms with Crippen molar-refractivity contribution in [3.63, 3.8) is 0 Å². The van der Waals surface area contributed by atoms with E-state index in [1.54, 1.807) is 0 Å². The molecule has 0 saturated heterocycles. The van der Waals surface area contributed by atoms with E-state index < -0.39 is 28.6 Å². The van der Waals surface area contributed by atoms with Crippen molar-refractivity contribution in [1.82, 2.24) is 9.38 Å². The first-order valence-electron chi connectivity index (χ1n) is 6.54. The second-order valence-corrected chi connectivity index (χ2v) is 6.13. The predicted octanol–water partition coefficient (Wildman–Crippen LogP) is 4.51. The van der Waals surface area contributed by atoms with Crippen molar-refractivity contribution in [3.05, 3.63) is 47.4 Å². The monoisotopic (exact) mass is 384 g/mol. The van der Waals surface area contributed by atoms with Crippen LogP contribution in [-0.2, 0) is 5.60 Å². The second-order valence-electron chi connectivity index (χ2n) is 5.12. The van der Waals surface area contributed by atoms with Gasteiger partial charge in [-0.15, -0.1) is 0 Å². The fourth-order valence-electron chi connectivity index (χ4n) is 2.16. The largest absolute Gasteiger partial charge is 0.431 e. The summed E-state index contributed by atoms with van der Waals surface area (Å²) in [7, 11) is 0. The van der Waals surface area contributed by atoms with Crippen molar-refractivity contribution >= 4 is 16.3 Å². The van der Waals surface area contributed by atoms with Crippen LogP contribution < -0.4 is 0 Å². The maximum absolute atomic E-state index is 12.9. The summed E-state index contributed by atoms with van der Waals surface area (Å²) in [6.45, 7) is 0. The zero-order valence-corrected chi connectivity index (χ0v) is 12.7. The SMILES string of the molecule is OC(c1cn2cc(-c3ccc(F)cc3)nc2s1)(C(F)(F)F)C(F)(F)F. The number of hydrogen-bond donors (Lipinski definition) is 1. The van der Waals surface area contributed by atoms with Crippen molar-refractivity contribution in [2.75, 3.05) is 0 Å². The summed E-state index contributed by atoms with van der Waals surface area (Å²) in [4.78, 5) is 2.40. The fourth-order valence-corrected chi connectivity index (χ4v) is 3.26. The van der Waals surface area contributed by atoms with Gasteiger partial charge in [-0.25, -0.2) is 9.37 Å². The number of hydrogen-bond acceptors (Lipinski definition) is 3. The lowest BCUT2D eigenvalue weighted by Crippen LogP contribution is -2.53. The molecular weight excluding hydrogens is 377 g/mol. The number of benzene rings is 1. The lowest BCUT2D eigenvalue weighted by Gasteiger charge is -2.30. The molecule has 134 valence electrons. The van der Waals surface area contributed by atoms with Crippen molar-refractivity contribution in [2.24, 2.45) is 0 Å². The molecule has 2 heterocycles. The lowest BCUT2D eigenvalue weighted by atomic mass is 10.0. The molecule has 25 heavy (non-hydrogen) atoms. The number of aliphatic hydroxyl groups is 1. The molecule has 0 aliphatic rings. The third-order valence-corrected chi connectivity index (χ3v) is 4.58. The molecule has 3 aromatic rings. The number of imidazole rings is 1. The van der Waals surface area contributed by atoms with Gasteiger partial charge in [0.1, 0.15) is 5.82 Å². The number of halogens is 7. The molecule has 0 saturated carbocycles. The first-order valence-corrected chi connectivity index (χ1v) is 7.36. The minimum Gasteiger partial charge on any atom is -0.369 e. The molecule has 11 heteroatoms. The van der Waals surface area contributed by atoms with Gasteiger partial charge >= 0.3 is 12.4 Å². The van der Waals surface area contributed by atoms with Crippen molar-refractivity contribution in [2.45, 2.75) is 18.0 Å². The van der Waals surface area contributed by atoms with Gasteiger partial charge in [0, 0.05) is 18.0 Å². The number of aromatic nitrogens is 2. The van der Waals surface area contributed by atoms with Gasteiger partial charge in [-0.3, -0.25) is 4.40 Å². The first kappa shape index (κ1) is 17.7. The molecular formula is C14H7F7N2OS. The molecule has 0 atom stereocenters. The van der Waals surface area contributed by atoms with Crippen LogP contribution in [0.25, 0.3) is 16.2 Å². The van der Waals surface area contributed by atoms with E-state index in [0.29, 0.717) is 11.8 Å². The van der Waals surface area contributed by atoms with Gasteiger partial charge in [-0.05, 0) is 24.3 Å². The van der Waals surface area contributed by atoms with Crippen LogP contribution in [0, 0.1) is 5.82 Å². The summed E-state index contributed by atoms with van der Waals surface area (Å²) >= 11 is 0.0644. The minimum absolute atomic E-state index is 0.0644. The highest BCUT2D eigenvalue weighted by Crippen LogP contribution is 2.51. The molecule has 1 aromatic carbocycles. The summed E-state index contributed by atoms with van der Waals surface area (Å²) in [6, 6.07) is 5.01. The highest BCUT2D eigenvalue weighted by Gasteiger charge is 2.72. The number of fused-ring (bicyclic) bond motifs is 1. The van der Waals surface area contributed by atoms with E-state index >= 15 is 0 Å². The number of alkyl halides is 6. The second kappa shape index (κ2) is 5.43. The van der Waals surface area contributed by atoms with Gasteiger partial charge in [0.05, 0.1) is 10.6 Å². The first-order chi connectivity index (χ1) is 11.4. The summed E-state index contributed by atoms with van der Waals surface area (Å²) < 4.78 is 91.1. The Balaban J connectivity index is 2.08. The van der Waals surface area contributed by atoms with Crippen LogP contribution in [-0.4, -0.2) is 26.8 Å². The van der Waals surface area contributed by atoms with Crippen molar-refractivity contribution in [3.8, 4) is 11.3 Å². The van der Waals surface area contributed by atoms with Gasteiger partial charge in [0.15, 0.2) is 4.96 Å². The summed E-state index contributed by atoms with van der Waals surface area (Å²) in [6.07, 6.45) is -10.2. The molecule has 0 amide bonds. The molecule has 0 aliphatic heterocycles. The smallest absolute Gasteiger partial charge is 0.369 e. The van der Waals surface area contributed by atoms with E-state index in [9.17, 15) is 35.8 Å². The standard InChI is InChI=1S/C14H7F7N2OS/c15-8-3-1-7(2-4-8)9-5-23-6-10(25-11(23)22-9)12(24,13(16,17)18)14(19,20)21/h1-6,24H. The normalized spacial score (nSPS) is 13.6. The van der Waals surface area contributed by atoms with E-state index in [1.165, 1.54) is 18.3 Å². The van der Waals surface area contributed by atoms with Crippen LogP contribution in [0.4, 0.5) is 30.7 Å². The van der Waals surface area contributed by atoms with Gasteiger partial charge < -0.3 is 5.11 Å². The zero-order chi connectivity index (χ0) is 18.6. The van der Waals surface area contributed by atoms with Crippen molar-refractivity contribution in [1.29, 1.82) is 0 Å². The van der Waals surface area contributed by atoms with E-state index in [0.717, 1.165) is 16.5 Å². The Morgan fingerprint density at radius 3 is 1.96 bits per heavy atom. The molecule has 0 bridgehead atoms. The topological polar surface area (TPSA) is 37.5 Å². The van der Waals surface area contributed by atoms with Gasteiger partial charge in [-0.2, -0.15) is 26.3 Å². The Bertz CT molecular complexity index is 863. The summed E-state index contributed by atoms with van der Waals surface area (Å²) in [5, 5.41) is 9.37. The highest BCUT2D eigenvalue weighted by molar-refractivity contribution is 7.17. The molecule has 0 fully saturated rings. The maximum Gasteiger partial charge on any atom is 0.431 e. The van der Waals surface area contributed by atoms with E-state index in [-0.39, 0.29) is 22.0 Å². The Morgan fingerprint density at radius 1 is 0.920 bits per heavy atom. The summed E-state index contributed by atoms with van der Waals surface area (Å²) in [5.74, 6) is -0.507. The third kappa shape index (κ3) is 2.76. The van der Waals surface area contributed by atoms with Crippen LogP contribution in [0.1, 0.15) is 4.88 Å². The zero-order valence-electron chi connectivity index (χ0n) is 11.9. The van der Waals surface area contributed by atoms with Gasteiger partial charge in [0.2, 0.25) is 0 Å². The Kier molecular flexibility index (Phi) is 3.84. The van der Waals surface area contributed by atoms with Crippen LogP contribution in [0.5, 0.6) is 0 Å². The van der Waals surface area contributed by atoms with Crippen molar-refractivity contribution < 1.29 is 35.8 Å². The Morgan fingerprint density at radius 2 is 1.48 bits per heavy atom. The molecule has 0 radical (unpaired) electrons. The number of thiazole rings is 1. The quantitative estimate of drug-likeness (QED) is 0.660.